The smallest absolute Gasteiger partial charge is 0.275 e. The molecule has 7 heteroatoms. The lowest BCUT2D eigenvalue weighted by Gasteiger charge is -2.36. The van der Waals surface area contributed by atoms with E-state index in [1.54, 1.807) is 6.07 Å². The van der Waals surface area contributed by atoms with Crippen LogP contribution in [-0.2, 0) is 4.43 Å². The molecule has 6 nitrogen and oxygen atoms in total. The lowest BCUT2D eigenvalue weighted by atomic mass is 10.1. The van der Waals surface area contributed by atoms with Gasteiger partial charge in [0.2, 0.25) is 0 Å². The SMILES string of the molecule is CC(O)c1cc(OCCCO[Si](C)(C)C(C)(C)C)ccc1[N+](=O)[O-]. The number of nitrogens with zero attached hydrogens (tertiary/aromatic N) is 1. The molecule has 0 heterocycles. The molecule has 1 N–H and O–H groups in total. The first kappa shape index (κ1) is 20.6. The van der Waals surface area contributed by atoms with Crippen LogP contribution < -0.4 is 4.74 Å². The van der Waals surface area contributed by atoms with E-state index >= 15 is 0 Å². The quantitative estimate of drug-likeness (QED) is 0.323. The maximum atomic E-state index is 11.0. The van der Waals surface area contributed by atoms with Gasteiger partial charge in [-0.1, -0.05) is 20.8 Å². The monoisotopic (exact) mass is 355 g/mol. The van der Waals surface area contributed by atoms with Gasteiger partial charge in [0.25, 0.3) is 5.69 Å². The Balaban J connectivity index is 2.55. The normalized spacial score (nSPS) is 13.6. The van der Waals surface area contributed by atoms with E-state index < -0.39 is 19.3 Å². The molecule has 0 fully saturated rings. The minimum absolute atomic E-state index is 0.0985. The molecule has 1 aromatic carbocycles. The number of benzene rings is 1. The number of hydrogen-bond acceptors (Lipinski definition) is 5. The molecule has 24 heavy (non-hydrogen) atoms. The van der Waals surface area contributed by atoms with Crippen LogP contribution in [0.5, 0.6) is 5.75 Å². The van der Waals surface area contributed by atoms with Gasteiger partial charge in [-0.25, -0.2) is 0 Å². The second kappa shape index (κ2) is 8.09. The Morgan fingerprint density at radius 3 is 2.42 bits per heavy atom. The number of ether oxygens (including phenoxy) is 1. The van der Waals surface area contributed by atoms with E-state index in [0.29, 0.717) is 19.0 Å². The molecule has 1 unspecified atom stereocenters. The van der Waals surface area contributed by atoms with Crippen LogP contribution in [0.15, 0.2) is 18.2 Å². The van der Waals surface area contributed by atoms with E-state index in [1.807, 2.05) is 0 Å². The summed E-state index contributed by atoms with van der Waals surface area (Å²) in [5, 5.41) is 20.8. The maximum Gasteiger partial charge on any atom is 0.275 e. The predicted octanol–water partition coefficient (Wildman–Crippen LogP) is 4.44. The lowest BCUT2D eigenvalue weighted by Crippen LogP contribution is -2.41. The van der Waals surface area contributed by atoms with Gasteiger partial charge < -0.3 is 14.3 Å². The average molecular weight is 356 g/mol. The first-order valence-electron chi connectivity index (χ1n) is 8.19. The number of aliphatic hydroxyl groups is 1. The van der Waals surface area contributed by atoms with Crippen LogP contribution in [0.1, 0.15) is 45.8 Å². The molecular weight excluding hydrogens is 326 g/mol. The van der Waals surface area contributed by atoms with Gasteiger partial charge >= 0.3 is 0 Å². The standard InChI is InChI=1S/C17H29NO5Si/c1-13(19)15-12-14(8-9-16(15)18(20)21)22-10-7-11-23-24(5,6)17(2,3)4/h8-9,12-13,19H,7,10-11H2,1-6H3. The third kappa shape index (κ3) is 5.57. The summed E-state index contributed by atoms with van der Waals surface area (Å²) >= 11 is 0. The van der Waals surface area contributed by atoms with Gasteiger partial charge in [-0.2, -0.15) is 0 Å². The molecule has 1 atom stereocenters. The van der Waals surface area contributed by atoms with Crippen LogP contribution in [0, 0.1) is 10.1 Å². The van der Waals surface area contributed by atoms with Gasteiger partial charge in [-0.3, -0.25) is 10.1 Å². The molecule has 1 aromatic rings. The summed E-state index contributed by atoms with van der Waals surface area (Å²) in [6.07, 6.45) is -0.177. The second-order valence-electron chi connectivity index (χ2n) is 7.46. The van der Waals surface area contributed by atoms with Gasteiger partial charge in [0.15, 0.2) is 8.32 Å². The van der Waals surface area contributed by atoms with Crippen LogP contribution in [-0.4, -0.2) is 31.6 Å². The summed E-state index contributed by atoms with van der Waals surface area (Å²) in [7, 11) is -1.74. The lowest BCUT2D eigenvalue weighted by molar-refractivity contribution is -0.386. The van der Waals surface area contributed by atoms with E-state index in [4.69, 9.17) is 9.16 Å². The van der Waals surface area contributed by atoms with E-state index in [-0.39, 0.29) is 16.3 Å². The fraction of sp³-hybridized carbons (Fsp3) is 0.647. The van der Waals surface area contributed by atoms with Crippen LogP contribution in [0.4, 0.5) is 5.69 Å². The van der Waals surface area contributed by atoms with Crippen molar-refractivity contribution in [1.82, 2.24) is 0 Å². The number of aliphatic hydroxyl groups excluding tert-OH is 1. The molecule has 136 valence electrons. The molecular formula is C17H29NO5Si. The Bertz CT molecular complexity index is 567. The summed E-state index contributed by atoms with van der Waals surface area (Å²) in [6.45, 7) is 13.6. The number of rotatable bonds is 8. The molecule has 0 aromatic heterocycles. The van der Waals surface area contributed by atoms with Crippen LogP contribution >= 0.6 is 0 Å². The van der Waals surface area contributed by atoms with E-state index in [2.05, 4.69) is 33.9 Å². The third-order valence-electron chi connectivity index (χ3n) is 4.47. The van der Waals surface area contributed by atoms with E-state index in [1.165, 1.54) is 19.1 Å². The fourth-order valence-electron chi connectivity index (χ4n) is 1.92. The zero-order chi connectivity index (χ0) is 18.5. The van der Waals surface area contributed by atoms with Crippen molar-refractivity contribution in [2.24, 2.45) is 0 Å². The molecule has 1 rings (SSSR count). The minimum Gasteiger partial charge on any atom is -0.493 e. The summed E-state index contributed by atoms with van der Waals surface area (Å²) in [4.78, 5) is 10.5. The highest BCUT2D eigenvalue weighted by molar-refractivity contribution is 6.74. The highest BCUT2D eigenvalue weighted by Crippen LogP contribution is 2.36. The number of nitro benzene ring substituents is 1. The summed E-state index contributed by atoms with van der Waals surface area (Å²) in [5.74, 6) is 0.517. The second-order valence-corrected chi connectivity index (χ2v) is 12.3. The fourth-order valence-corrected chi connectivity index (χ4v) is 3.00. The molecule has 0 aliphatic carbocycles. The van der Waals surface area contributed by atoms with Crippen LogP contribution in [0.3, 0.4) is 0 Å². The van der Waals surface area contributed by atoms with Crippen LogP contribution in [0.2, 0.25) is 18.1 Å². The van der Waals surface area contributed by atoms with E-state index in [0.717, 1.165) is 6.42 Å². The molecule has 0 saturated heterocycles. The zero-order valence-corrected chi connectivity index (χ0v) is 16.5. The van der Waals surface area contributed by atoms with Gasteiger partial charge in [0.05, 0.1) is 23.2 Å². The van der Waals surface area contributed by atoms with Crippen molar-refractivity contribution in [3.63, 3.8) is 0 Å². The van der Waals surface area contributed by atoms with Crippen molar-refractivity contribution in [2.45, 2.75) is 58.4 Å². The molecule has 0 aliphatic heterocycles. The first-order valence-corrected chi connectivity index (χ1v) is 11.1. The van der Waals surface area contributed by atoms with Crippen molar-refractivity contribution in [2.75, 3.05) is 13.2 Å². The largest absolute Gasteiger partial charge is 0.493 e. The predicted molar refractivity (Wildman–Crippen MR) is 97.0 cm³/mol. The van der Waals surface area contributed by atoms with Crippen molar-refractivity contribution >= 4 is 14.0 Å². The first-order chi connectivity index (χ1) is 11.0. The van der Waals surface area contributed by atoms with Crippen molar-refractivity contribution in [3.8, 4) is 5.75 Å². The number of nitro groups is 1. The molecule has 0 aliphatic rings. The van der Waals surface area contributed by atoms with Crippen molar-refractivity contribution < 1.29 is 19.2 Å². The minimum atomic E-state index is -1.74. The van der Waals surface area contributed by atoms with Crippen molar-refractivity contribution in [1.29, 1.82) is 0 Å². The van der Waals surface area contributed by atoms with Gasteiger partial charge in [0.1, 0.15) is 5.75 Å². The molecule has 0 spiro atoms. The van der Waals surface area contributed by atoms with Crippen molar-refractivity contribution in [3.05, 3.63) is 33.9 Å². The summed E-state index contributed by atoms with van der Waals surface area (Å²) in [5.41, 5.74) is 0.161. The van der Waals surface area contributed by atoms with Gasteiger partial charge in [-0.05, 0) is 37.2 Å². The summed E-state index contributed by atoms with van der Waals surface area (Å²) < 4.78 is 11.7. The Labute approximate surface area is 145 Å². The zero-order valence-electron chi connectivity index (χ0n) is 15.5. The summed E-state index contributed by atoms with van der Waals surface area (Å²) in [6, 6.07) is 4.44. The van der Waals surface area contributed by atoms with Gasteiger partial charge in [-0.15, -0.1) is 0 Å². The van der Waals surface area contributed by atoms with Crippen LogP contribution in [0.25, 0.3) is 0 Å². The van der Waals surface area contributed by atoms with Gasteiger partial charge in [0, 0.05) is 19.1 Å². The number of hydrogen-bond donors (Lipinski definition) is 1. The molecule has 0 amide bonds. The molecule has 0 saturated carbocycles. The topological polar surface area (TPSA) is 81.8 Å². The maximum absolute atomic E-state index is 11.0. The Morgan fingerprint density at radius 1 is 1.29 bits per heavy atom. The molecule has 0 bridgehead atoms. The van der Waals surface area contributed by atoms with E-state index in [9.17, 15) is 15.2 Å². The highest BCUT2D eigenvalue weighted by Gasteiger charge is 2.36. The average Bonchev–Trinajstić information content (AvgIpc) is 2.45. The highest BCUT2D eigenvalue weighted by atomic mass is 28.4. The Hall–Kier alpha value is -1.44. The third-order valence-corrected chi connectivity index (χ3v) is 9.01. The molecule has 0 radical (unpaired) electrons. The Morgan fingerprint density at radius 2 is 1.92 bits per heavy atom. The Kier molecular flexibility index (Phi) is 6.94.